The molecule has 136 valence electrons. The minimum Gasteiger partial charge on any atom is -0.368 e. The fourth-order valence-electron chi connectivity index (χ4n) is 3.45. The van der Waals surface area contributed by atoms with E-state index in [1.807, 2.05) is 42.7 Å². The van der Waals surface area contributed by atoms with Crippen molar-refractivity contribution in [3.63, 3.8) is 0 Å². The number of aryl methyl sites for hydroxylation is 2. The molecule has 8 nitrogen and oxygen atoms in total. The van der Waals surface area contributed by atoms with Gasteiger partial charge in [0.05, 0.1) is 17.1 Å². The van der Waals surface area contributed by atoms with Crippen molar-refractivity contribution in [3.05, 3.63) is 41.7 Å². The number of amides is 1. The van der Waals surface area contributed by atoms with Crippen molar-refractivity contribution in [3.8, 4) is 0 Å². The minimum atomic E-state index is -0.311. The number of nitrogens with zero attached hydrogens (tertiary/aromatic N) is 4. The third kappa shape index (κ3) is 3.08. The summed E-state index contributed by atoms with van der Waals surface area (Å²) in [5.74, 6) is 2.17. The second-order valence-corrected chi connectivity index (χ2v) is 6.49. The molecule has 8 heteroatoms. The number of imidazole rings is 1. The fraction of sp³-hybridized carbons (Fsp3) is 0.444. The summed E-state index contributed by atoms with van der Waals surface area (Å²) in [4.78, 5) is 21.6. The van der Waals surface area contributed by atoms with Crippen LogP contribution in [0.15, 0.2) is 24.3 Å². The van der Waals surface area contributed by atoms with E-state index < -0.39 is 0 Å². The molecule has 1 saturated heterocycles. The smallest absolute Gasteiger partial charge is 0.240 e. The van der Waals surface area contributed by atoms with Crippen LogP contribution < -0.4 is 5.32 Å². The maximum absolute atomic E-state index is 12.7. The van der Waals surface area contributed by atoms with Crippen LogP contribution in [-0.4, -0.2) is 43.3 Å². The molecular weight excluding hydrogens is 332 g/mol. The van der Waals surface area contributed by atoms with E-state index in [1.165, 1.54) is 0 Å². The van der Waals surface area contributed by atoms with Crippen LogP contribution >= 0.6 is 0 Å². The zero-order valence-corrected chi connectivity index (χ0v) is 14.9. The highest BCUT2D eigenvalue weighted by Gasteiger charge is 2.33. The van der Waals surface area contributed by atoms with Gasteiger partial charge in [-0.2, -0.15) is 5.10 Å². The van der Waals surface area contributed by atoms with Gasteiger partial charge in [-0.15, -0.1) is 0 Å². The third-order valence-corrected chi connectivity index (χ3v) is 4.66. The van der Waals surface area contributed by atoms with E-state index in [9.17, 15) is 4.79 Å². The van der Waals surface area contributed by atoms with E-state index >= 15 is 0 Å². The Hall–Kier alpha value is -2.74. The summed E-state index contributed by atoms with van der Waals surface area (Å²) >= 11 is 0. The van der Waals surface area contributed by atoms with Crippen LogP contribution in [0.3, 0.4) is 0 Å². The number of carbonyl (C=O) groups is 1. The summed E-state index contributed by atoms with van der Waals surface area (Å²) in [6, 6.07) is 7.75. The molecule has 0 spiro atoms. The highest BCUT2D eigenvalue weighted by molar-refractivity contribution is 5.81. The van der Waals surface area contributed by atoms with Crippen molar-refractivity contribution in [2.75, 3.05) is 6.61 Å². The molecule has 0 bridgehead atoms. The van der Waals surface area contributed by atoms with E-state index in [0.29, 0.717) is 12.4 Å². The molecule has 1 amide bonds. The first kappa shape index (κ1) is 16.7. The van der Waals surface area contributed by atoms with Crippen LogP contribution in [0.25, 0.3) is 11.0 Å². The Kier molecular flexibility index (Phi) is 4.42. The van der Waals surface area contributed by atoms with Gasteiger partial charge in [0.15, 0.2) is 5.82 Å². The Balaban J connectivity index is 1.50. The van der Waals surface area contributed by atoms with E-state index in [0.717, 1.165) is 35.5 Å². The molecule has 2 aromatic heterocycles. The molecule has 1 aliphatic rings. The van der Waals surface area contributed by atoms with Crippen molar-refractivity contribution >= 4 is 16.9 Å². The first-order chi connectivity index (χ1) is 12.7. The fourth-order valence-corrected chi connectivity index (χ4v) is 3.45. The lowest BCUT2D eigenvalue weighted by molar-refractivity contribution is -0.122. The Morgan fingerprint density at radius 1 is 1.38 bits per heavy atom. The summed E-state index contributed by atoms with van der Waals surface area (Å²) in [6.07, 6.45) is 1.21. The quantitative estimate of drug-likeness (QED) is 0.726. The number of benzene rings is 1. The minimum absolute atomic E-state index is 0.0596. The summed E-state index contributed by atoms with van der Waals surface area (Å²) in [5.41, 5.74) is 1.89. The number of ether oxygens (including phenoxy) is 1. The Labute approximate surface area is 151 Å². The van der Waals surface area contributed by atoms with Crippen molar-refractivity contribution in [1.29, 1.82) is 0 Å². The molecule has 2 N–H and O–H groups in total. The molecule has 3 aromatic rings. The molecule has 26 heavy (non-hydrogen) atoms. The monoisotopic (exact) mass is 354 g/mol. The summed E-state index contributed by atoms with van der Waals surface area (Å²) < 4.78 is 7.72. The zero-order chi connectivity index (χ0) is 18.1. The third-order valence-electron chi connectivity index (χ3n) is 4.66. The van der Waals surface area contributed by atoms with Gasteiger partial charge in [-0.25, -0.2) is 9.97 Å². The number of para-hydroxylation sites is 2. The van der Waals surface area contributed by atoms with Crippen LogP contribution in [0, 0.1) is 6.92 Å². The lowest BCUT2D eigenvalue weighted by Crippen LogP contribution is -2.39. The molecule has 0 saturated carbocycles. The van der Waals surface area contributed by atoms with Gasteiger partial charge in [0.2, 0.25) is 5.91 Å². The van der Waals surface area contributed by atoms with Crippen LogP contribution in [0.1, 0.15) is 36.9 Å². The maximum Gasteiger partial charge on any atom is 0.240 e. The Bertz CT molecular complexity index is 931. The molecule has 1 aromatic carbocycles. The number of rotatable bonds is 5. The lowest BCUT2D eigenvalue weighted by Gasteiger charge is -2.18. The standard InChI is InChI=1S/C18H22N6O2/c1-3-15-20-12-6-4-5-7-14(12)24(15)10-16(25)21-13-8-9-26-17(13)18-19-11(2)22-23-18/h4-7,13,17H,3,8-10H2,1-2H3,(H,21,25)(H,19,22,23)/t13-,17+/m0/s1. The van der Waals surface area contributed by atoms with Crippen LogP contribution in [-0.2, 0) is 22.5 Å². The molecule has 0 aliphatic carbocycles. The first-order valence-corrected chi connectivity index (χ1v) is 8.89. The van der Waals surface area contributed by atoms with Crippen LogP contribution in [0.5, 0.6) is 0 Å². The SMILES string of the molecule is CCc1nc2ccccc2n1CC(=O)N[C@H]1CCO[C@H]1c1n[nH]c(C)n1. The first-order valence-electron chi connectivity index (χ1n) is 8.89. The molecule has 1 aliphatic heterocycles. The Morgan fingerprint density at radius 2 is 2.23 bits per heavy atom. The molecule has 0 unspecified atom stereocenters. The van der Waals surface area contributed by atoms with E-state index in [4.69, 9.17) is 4.74 Å². The number of hydrogen-bond donors (Lipinski definition) is 2. The van der Waals surface area contributed by atoms with Gasteiger partial charge in [-0.3, -0.25) is 9.89 Å². The van der Waals surface area contributed by atoms with Gasteiger partial charge in [0.25, 0.3) is 0 Å². The van der Waals surface area contributed by atoms with Crippen LogP contribution in [0.4, 0.5) is 0 Å². The van der Waals surface area contributed by atoms with E-state index in [2.05, 4.69) is 25.5 Å². The van der Waals surface area contributed by atoms with Crippen molar-refractivity contribution in [2.45, 2.75) is 45.4 Å². The summed E-state index contributed by atoms with van der Waals surface area (Å²) in [6.45, 7) is 4.70. The highest BCUT2D eigenvalue weighted by Crippen LogP contribution is 2.26. The number of aromatic amines is 1. The molecule has 2 atom stereocenters. The number of fused-ring (bicyclic) bond motifs is 1. The number of H-pyrrole nitrogens is 1. The van der Waals surface area contributed by atoms with E-state index in [-0.39, 0.29) is 24.6 Å². The molecule has 1 fully saturated rings. The van der Waals surface area contributed by atoms with Crippen molar-refractivity contribution in [2.24, 2.45) is 0 Å². The summed E-state index contributed by atoms with van der Waals surface area (Å²) in [7, 11) is 0. The van der Waals surface area contributed by atoms with Gasteiger partial charge >= 0.3 is 0 Å². The van der Waals surface area contributed by atoms with Gasteiger partial charge < -0.3 is 14.6 Å². The van der Waals surface area contributed by atoms with E-state index in [1.54, 1.807) is 0 Å². The largest absolute Gasteiger partial charge is 0.368 e. The Morgan fingerprint density at radius 3 is 3.00 bits per heavy atom. The molecule has 0 radical (unpaired) electrons. The second kappa shape index (κ2) is 6.87. The average Bonchev–Trinajstić information content (AvgIpc) is 3.34. The number of carbonyl (C=O) groups excluding carboxylic acids is 1. The van der Waals surface area contributed by atoms with Crippen molar-refractivity contribution in [1.82, 2.24) is 30.0 Å². The van der Waals surface area contributed by atoms with Gasteiger partial charge in [-0.1, -0.05) is 19.1 Å². The molecule has 3 heterocycles. The van der Waals surface area contributed by atoms with Crippen LogP contribution in [0.2, 0.25) is 0 Å². The van der Waals surface area contributed by atoms with Gasteiger partial charge in [0.1, 0.15) is 24.3 Å². The van der Waals surface area contributed by atoms with Gasteiger partial charge in [0, 0.05) is 13.0 Å². The normalized spacial score (nSPS) is 19.9. The predicted octanol–water partition coefficient (Wildman–Crippen LogP) is 1.67. The second-order valence-electron chi connectivity index (χ2n) is 6.49. The summed E-state index contributed by atoms with van der Waals surface area (Å²) in [5, 5.41) is 10.1. The number of hydrogen-bond acceptors (Lipinski definition) is 5. The van der Waals surface area contributed by atoms with Gasteiger partial charge in [-0.05, 0) is 25.5 Å². The maximum atomic E-state index is 12.7. The highest BCUT2D eigenvalue weighted by atomic mass is 16.5. The zero-order valence-electron chi connectivity index (χ0n) is 14.9. The van der Waals surface area contributed by atoms with Crippen molar-refractivity contribution < 1.29 is 9.53 Å². The number of aromatic nitrogens is 5. The number of nitrogens with one attached hydrogen (secondary N) is 2. The topological polar surface area (TPSA) is 97.7 Å². The average molecular weight is 354 g/mol. The lowest BCUT2D eigenvalue weighted by atomic mass is 10.1. The molecular formula is C18H22N6O2. The molecule has 4 rings (SSSR count). The predicted molar refractivity (Wildman–Crippen MR) is 95.5 cm³/mol.